The summed E-state index contributed by atoms with van der Waals surface area (Å²) in [7, 11) is 1.61. The van der Waals surface area contributed by atoms with E-state index in [9.17, 15) is 9.90 Å². The van der Waals surface area contributed by atoms with Crippen LogP contribution in [0.4, 0.5) is 10.1 Å². The second-order valence-corrected chi connectivity index (χ2v) is 9.45. The number of aliphatic carboxylic acids is 1. The zero-order chi connectivity index (χ0) is 24.3. The van der Waals surface area contributed by atoms with E-state index in [0.29, 0.717) is 54.2 Å². The van der Waals surface area contributed by atoms with Gasteiger partial charge in [-0.1, -0.05) is 18.9 Å². The van der Waals surface area contributed by atoms with Crippen LogP contribution in [0.2, 0.25) is 0 Å². The van der Waals surface area contributed by atoms with Crippen molar-refractivity contribution in [3.8, 4) is 16.9 Å². The van der Waals surface area contributed by atoms with Gasteiger partial charge in [-0.05, 0) is 67.1 Å². The molecule has 0 spiro atoms. The molecule has 0 atom stereocenters. The zero-order valence-corrected chi connectivity index (χ0v) is 20.2. The Labute approximate surface area is 200 Å². The molecule has 0 radical (unpaired) electrons. The third-order valence-corrected chi connectivity index (χ3v) is 7.22. The molecule has 1 aliphatic heterocycles. The molecule has 1 saturated carbocycles. The normalized spacial score (nSPS) is 18.1. The van der Waals surface area contributed by atoms with Gasteiger partial charge >= 0.3 is 5.97 Å². The maximum atomic E-state index is 15.7. The summed E-state index contributed by atoms with van der Waals surface area (Å²) in [6.45, 7) is 4.90. The van der Waals surface area contributed by atoms with Gasteiger partial charge in [-0.2, -0.15) is 0 Å². The van der Waals surface area contributed by atoms with Crippen LogP contribution in [0.25, 0.3) is 11.1 Å². The number of rotatable bonds is 8. The maximum Gasteiger partial charge on any atom is 0.329 e. The number of carboxylic acids is 1. The maximum absolute atomic E-state index is 15.7. The van der Waals surface area contributed by atoms with Crippen molar-refractivity contribution in [3.63, 3.8) is 0 Å². The van der Waals surface area contributed by atoms with Gasteiger partial charge in [0.05, 0.1) is 19.8 Å². The Morgan fingerprint density at radius 1 is 1.18 bits per heavy atom. The van der Waals surface area contributed by atoms with E-state index in [4.69, 9.17) is 14.2 Å². The van der Waals surface area contributed by atoms with E-state index < -0.39 is 17.3 Å². The number of aryl methyl sites for hydroxylation is 1. The number of ether oxygens (including phenoxy) is 3. The van der Waals surface area contributed by atoms with Crippen molar-refractivity contribution in [3.05, 3.63) is 46.8 Å². The van der Waals surface area contributed by atoms with Gasteiger partial charge in [0, 0.05) is 37.3 Å². The number of benzene rings is 2. The molecule has 7 heteroatoms. The van der Waals surface area contributed by atoms with Gasteiger partial charge in [-0.15, -0.1) is 0 Å². The van der Waals surface area contributed by atoms with Crippen LogP contribution in [0, 0.1) is 19.7 Å². The molecule has 2 aromatic carbocycles. The minimum absolute atomic E-state index is 0.169. The second kappa shape index (κ2) is 10.3. The van der Waals surface area contributed by atoms with Gasteiger partial charge in [-0.3, -0.25) is 0 Å². The van der Waals surface area contributed by atoms with Crippen LogP contribution in [-0.2, 0) is 20.9 Å². The van der Waals surface area contributed by atoms with Crippen molar-refractivity contribution >= 4 is 11.7 Å². The third kappa shape index (κ3) is 5.05. The molecule has 2 N–H and O–H groups in total. The van der Waals surface area contributed by atoms with Crippen LogP contribution >= 0.6 is 0 Å². The summed E-state index contributed by atoms with van der Waals surface area (Å²) in [6.07, 6.45) is 5.10. The summed E-state index contributed by atoms with van der Waals surface area (Å²) >= 11 is 0. The summed E-state index contributed by atoms with van der Waals surface area (Å²) < 4.78 is 32.8. The van der Waals surface area contributed by atoms with E-state index in [0.717, 1.165) is 36.8 Å². The van der Waals surface area contributed by atoms with Crippen molar-refractivity contribution in [1.82, 2.24) is 0 Å². The highest BCUT2D eigenvalue weighted by Crippen LogP contribution is 2.37. The SMILES string of the molecule is COc1cc(-c2c(F)cc(NC3(C(=O)O)CCOCC3)cc2COC2CCCC2)cc(C)c1C. The highest BCUT2D eigenvalue weighted by molar-refractivity contribution is 5.83. The van der Waals surface area contributed by atoms with Crippen molar-refractivity contribution in [2.24, 2.45) is 0 Å². The number of nitrogens with one attached hydrogen (secondary N) is 1. The topological polar surface area (TPSA) is 77.0 Å². The lowest BCUT2D eigenvalue weighted by Crippen LogP contribution is -2.50. The van der Waals surface area contributed by atoms with Crippen molar-refractivity contribution < 1.29 is 28.5 Å². The fourth-order valence-corrected chi connectivity index (χ4v) is 5.01. The van der Waals surface area contributed by atoms with Crippen molar-refractivity contribution in [2.75, 3.05) is 25.6 Å². The van der Waals surface area contributed by atoms with Crippen molar-refractivity contribution in [1.29, 1.82) is 0 Å². The molecular weight excluding hydrogens is 437 g/mol. The fourth-order valence-electron chi connectivity index (χ4n) is 5.01. The first-order valence-electron chi connectivity index (χ1n) is 12.0. The summed E-state index contributed by atoms with van der Waals surface area (Å²) in [5.74, 6) is -0.679. The number of carboxylic acid groups (broad SMARTS) is 1. The molecule has 6 nitrogen and oxygen atoms in total. The Morgan fingerprint density at radius 2 is 1.88 bits per heavy atom. The molecule has 0 unspecified atom stereocenters. The standard InChI is InChI=1S/C27H34FNO5/c1-17-12-19(14-24(32-3)18(17)2)25-20(16-34-22-6-4-5-7-22)13-21(15-23(25)28)29-27(26(30)31)8-10-33-11-9-27/h12-15,22,29H,4-11,16H2,1-3H3,(H,30,31). The quantitative estimate of drug-likeness (QED) is 0.520. The molecule has 2 fully saturated rings. The van der Waals surface area contributed by atoms with Crippen LogP contribution in [0.1, 0.15) is 55.2 Å². The molecule has 4 rings (SSSR count). The average molecular weight is 472 g/mol. The number of methoxy groups -OCH3 is 1. The van der Waals surface area contributed by atoms with Gasteiger partial charge in [0.25, 0.3) is 0 Å². The first-order chi connectivity index (χ1) is 16.3. The summed E-state index contributed by atoms with van der Waals surface area (Å²) in [6, 6.07) is 7.02. The van der Waals surface area contributed by atoms with Gasteiger partial charge in [0.15, 0.2) is 0 Å². The summed E-state index contributed by atoms with van der Waals surface area (Å²) in [5, 5.41) is 13.1. The Morgan fingerprint density at radius 3 is 2.53 bits per heavy atom. The highest BCUT2D eigenvalue weighted by Gasteiger charge is 2.40. The Hall–Kier alpha value is -2.64. The molecule has 2 aliphatic rings. The molecule has 1 heterocycles. The van der Waals surface area contributed by atoms with Crippen molar-refractivity contribution in [2.45, 2.75) is 70.6 Å². The number of hydrogen-bond donors (Lipinski definition) is 2. The molecule has 34 heavy (non-hydrogen) atoms. The number of hydrogen-bond acceptors (Lipinski definition) is 5. The molecule has 0 aromatic heterocycles. The van der Waals surface area contributed by atoms with Crippen LogP contribution in [-0.4, -0.2) is 43.0 Å². The summed E-state index contributed by atoms with van der Waals surface area (Å²) in [5.41, 5.74) is 3.13. The molecule has 2 aromatic rings. The van der Waals surface area contributed by atoms with E-state index in [1.807, 2.05) is 32.0 Å². The number of halogens is 1. The Kier molecular flexibility index (Phi) is 7.43. The van der Waals surface area contributed by atoms with Crippen LogP contribution in [0.3, 0.4) is 0 Å². The minimum Gasteiger partial charge on any atom is -0.496 e. The Balaban J connectivity index is 1.74. The molecular formula is C27H34FNO5. The largest absolute Gasteiger partial charge is 0.496 e. The predicted octanol–water partition coefficient (Wildman–Crippen LogP) is 5.62. The van der Waals surface area contributed by atoms with Gasteiger partial charge < -0.3 is 24.6 Å². The number of anilines is 1. The molecule has 1 aliphatic carbocycles. The second-order valence-electron chi connectivity index (χ2n) is 9.45. The Bertz CT molecular complexity index is 1040. The molecule has 0 amide bonds. The molecule has 1 saturated heterocycles. The predicted molar refractivity (Wildman–Crippen MR) is 129 cm³/mol. The zero-order valence-electron chi connectivity index (χ0n) is 20.2. The lowest BCUT2D eigenvalue weighted by Gasteiger charge is -2.35. The van der Waals surface area contributed by atoms with Crippen LogP contribution in [0.15, 0.2) is 24.3 Å². The van der Waals surface area contributed by atoms with E-state index in [-0.39, 0.29) is 12.7 Å². The first kappa shape index (κ1) is 24.5. The van der Waals surface area contributed by atoms with Crippen LogP contribution in [0.5, 0.6) is 5.75 Å². The number of carbonyl (C=O) groups is 1. The smallest absolute Gasteiger partial charge is 0.329 e. The van der Waals surface area contributed by atoms with E-state index in [1.165, 1.54) is 6.07 Å². The minimum atomic E-state index is -1.18. The monoisotopic (exact) mass is 471 g/mol. The van der Waals surface area contributed by atoms with Gasteiger partial charge in [0.1, 0.15) is 17.1 Å². The molecule has 0 bridgehead atoms. The molecule has 184 valence electrons. The van der Waals surface area contributed by atoms with Gasteiger partial charge in [0.2, 0.25) is 0 Å². The lowest BCUT2D eigenvalue weighted by atomic mass is 9.89. The lowest BCUT2D eigenvalue weighted by molar-refractivity contribution is -0.145. The summed E-state index contributed by atoms with van der Waals surface area (Å²) in [4.78, 5) is 12.1. The highest BCUT2D eigenvalue weighted by atomic mass is 19.1. The third-order valence-electron chi connectivity index (χ3n) is 7.22. The van der Waals surface area contributed by atoms with E-state index in [1.54, 1.807) is 7.11 Å². The van der Waals surface area contributed by atoms with Gasteiger partial charge in [-0.25, -0.2) is 9.18 Å². The average Bonchev–Trinajstić information content (AvgIpc) is 3.33. The first-order valence-corrected chi connectivity index (χ1v) is 12.0. The van der Waals surface area contributed by atoms with Crippen LogP contribution < -0.4 is 10.1 Å². The fraction of sp³-hybridized carbons (Fsp3) is 0.519. The van der Waals surface area contributed by atoms with E-state index in [2.05, 4.69) is 5.32 Å². The van der Waals surface area contributed by atoms with E-state index >= 15 is 4.39 Å².